The lowest BCUT2D eigenvalue weighted by atomic mass is 9.83. The van der Waals surface area contributed by atoms with Gasteiger partial charge in [-0.2, -0.15) is 0 Å². The molecule has 0 spiro atoms. The summed E-state index contributed by atoms with van der Waals surface area (Å²) in [5.74, 6) is 0.446. The summed E-state index contributed by atoms with van der Waals surface area (Å²) in [5, 5.41) is 0.787. The van der Waals surface area contributed by atoms with E-state index in [4.69, 9.17) is 16.3 Å². The first kappa shape index (κ1) is 29.7. The van der Waals surface area contributed by atoms with E-state index in [0.29, 0.717) is 11.5 Å². The molecule has 0 saturated carbocycles. The zero-order valence-electron chi connectivity index (χ0n) is 21.6. The van der Waals surface area contributed by atoms with Crippen molar-refractivity contribution in [1.82, 2.24) is 0 Å². The van der Waals surface area contributed by atoms with Gasteiger partial charge in [0.25, 0.3) is 0 Å². The van der Waals surface area contributed by atoms with Gasteiger partial charge in [-0.25, -0.2) is 13.6 Å². The third-order valence-corrected chi connectivity index (χ3v) is 9.38. The first-order valence-corrected chi connectivity index (χ1v) is 14.5. The van der Waals surface area contributed by atoms with Gasteiger partial charge < -0.3 is 21.6 Å². The number of carbonyl (C=O) groups is 1. The molecular weight excluding hydrogens is 561 g/mol. The molecule has 9 heteroatoms. The second-order valence-electron chi connectivity index (χ2n) is 10.3. The monoisotopic (exact) mass is 592 g/mol. The number of fused-ring (bicyclic) bond motifs is 3. The number of thioether (sulfide) groups is 1. The standard InChI is InChI=1S/C30H32ClF2N2O2S.ClH/c31-25-6-1-4-9-29(25)38-19-5-16-35-17-14-23(15-18-35)28(21-35)37-30(36)34(27-8-3-2-7-26(27)33)20-22-10-12-24(32)13-11-22;/h1-4,6-13,23,28H,5,14-21H2;1H/q+1;/p-1/t23?,28-,35?;/m0./s1. The molecule has 3 aliphatic heterocycles. The number of hydrogen-bond donors (Lipinski definition) is 0. The van der Waals surface area contributed by atoms with Gasteiger partial charge in [0.15, 0.2) is 6.10 Å². The van der Waals surface area contributed by atoms with Gasteiger partial charge in [-0.1, -0.05) is 48.0 Å². The molecule has 3 aromatic rings. The first-order valence-electron chi connectivity index (χ1n) is 13.1. The van der Waals surface area contributed by atoms with Crippen LogP contribution in [0.4, 0.5) is 19.3 Å². The van der Waals surface area contributed by atoms with Gasteiger partial charge in [0.1, 0.15) is 18.2 Å². The predicted octanol–water partition coefficient (Wildman–Crippen LogP) is 4.56. The van der Waals surface area contributed by atoms with Crippen molar-refractivity contribution in [2.75, 3.05) is 36.8 Å². The molecule has 6 rings (SSSR count). The number of rotatable bonds is 9. The van der Waals surface area contributed by atoms with E-state index in [9.17, 15) is 13.6 Å². The number of carbonyl (C=O) groups excluding carboxylic acids is 1. The Bertz CT molecular complexity index is 1260. The van der Waals surface area contributed by atoms with Gasteiger partial charge in [0.2, 0.25) is 0 Å². The summed E-state index contributed by atoms with van der Waals surface area (Å²) in [6.45, 7) is 4.11. The zero-order chi connectivity index (χ0) is 26.5. The number of para-hydroxylation sites is 1. The normalized spacial score (nSPS) is 21.7. The Morgan fingerprint density at radius 3 is 2.41 bits per heavy atom. The highest BCUT2D eigenvalue weighted by molar-refractivity contribution is 7.99. The molecule has 1 atom stereocenters. The van der Waals surface area contributed by atoms with Gasteiger partial charge in [0, 0.05) is 35.8 Å². The van der Waals surface area contributed by atoms with Crippen LogP contribution in [0.2, 0.25) is 5.02 Å². The molecule has 1 amide bonds. The van der Waals surface area contributed by atoms with Crippen molar-refractivity contribution in [3.8, 4) is 0 Å². The minimum atomic E-state index is -0.564. The molecule has 2 bridgehead atoms. The molecular formula is C30H32Cl2F2N2O2S. The summed E-state index contributed by atoms with van der Waals surface area (Å²) in [4.78, 5) is 15.9. The largest absolute Gasteiger partial charge is 1.00 e. The maximum Gasteiger partial charge on any atom is 0.415 e. The SMILES string of the molecule is O=C(O[C@H]1C[N+]2(CCCSc3ccccc3Cl)CCC1CC2)N(Cc1ccc(F)cc1)c1ccccc1F.[Cl-]. The molecule has 4 nitrogen and oxygen atoms in total. The minimum absolute atomic E-state index is 0. The summed E-state index contributed by atoms with van der Waals surface area (Å²) in [6.07, 6.45) is 2.32. The number of benzene rings is 3. The highest BCUT2D eigenvalue weighted by Crippen LogP contribution is 2.37. The van der Waals surface area contributed by atoms with Crippen molar-refractivity contribution in [3.05, 3.63) is 95.0 Å². The summed E-state index contributed by atoms with van der Waals surface area (Å²) < 4.78 is 35.3. The Morgan fingerprint density at radius 2 is 1.69 bits per heavy atom. The van der Waals surface area contributed by atoms with Crippen LogP contribution in [0.1, 0.15) is 24.8 Å². The van der Waals surface area contributed by atoms with Crippen molar-refractivity contribution in [2.45, 2.75) is 36.8 Å². The third kappa shape index (κ3) is 7.26. The lowest BCUT2D eigenvalue weighted by Crippen LogP contribution is -3.00. The average molecular weight is 594 g/mol. The van der Waals surface area contributed by atoms with Gasteiger partial charge in [-0.05, 0) is 42.0 Å². The number of nitrogens with zero attached hydrogens (tertiary/aromatic N) is 2. The topological polar surface area (TPSA) is 29.5 Å². The van der Waals surface area contributed by atoms with E-state index in [0.717, 1.165) is 65.6 Å². The molecule has 0 radical (unpaired) electrons. The number of piperidine rings is 3. The smallest absolute Gasteiger partial charge is 0.415 e. The number of quaternary nitrogens is 1. The lowest BCUT2D eigenvalue weighted by molar-refractivity contribution is -0.946. The van der Waals surface area contributed by atoms with E-state index in [1.807, 2.05) is 18.2 Å². The Labute approximate surface area is 244 Å². The summed E-state index contributed by atoms with van der Waals surface area (Å²) in [6, 6.07) is 20.0. The van der Waals surface area contributed by atoms with Crippen LogP contribution in [0.3, 0.4) is 0 Å². The Balaban J connectivity index is 0.00000353. The van der Waals surface area contributed by atoms with E-state index < -0.39 is 11.9 Å². The molecule has 3 aliphatic rings. The van der Waals surface area contributed by atoms with Gasteiger partial charge in [-0.3, -0.25) is 4.90 Å². The fraction of sp³-hybridized carbons (Fsp3) is 0.367. The molecule has 3 saturated heterocycles. The molecule has 3 fully saturated rings. The minimum Gasteiger partial charge on any atom is -1.00 e. The average Bonchev–Trinajstić information content (AvgIpc) is 2.93. The van der Waals surface area contributed by atoms with Crippen LogP contribution in [0.15, 0.2) is 77.7 Å². The van der Waals surface area contributed by atoms with E-state index in [1.54, 1.807) is 42.1 Å². The number of anilines is 1. The van der Waals surface area contributed by atoms with Crippen LogP contribution in [0, 0.1) is 17.6 Å². The van der Waals surface area contributed by atoms with Gasteiger partial charge in [-0.15, -0.1) is 11.8 Å². The second kappa shape index (κ2) is 13.4. The Kier molecular flexibility index (Phi) is 10.2. The maximum absolute atomic E-state index is 14.8. The van der Waals surface area contributed by atoms with E-state index >= 15 is 0 Å². The zero-order valence-corrected chi connectivity index (χ0v) is 23.9. The van der Waals surface area contributed by atoms with Gasteiger partial charge >= 0.3 is 6.09 Å². The maximum atomic E-state index is 14.8. The summed E-state index contributed by atoms with van der Waals surface area (Å²) in [5.41, 5.74) is 0.851. The molecule has 0 aliphatic carbocycles. The third-order valence-electron chi connectivity index (χ3n) is 7.78. The summed E-state index contributed by atoms with van der Waals surface area (Å²) >= 11 is 8.08. The van der Waals surface area contributed by atoms with E-state index in [1.165, 1.54) is 23.1 Å². The molecule has 3 aromatic carbocycles. The highest BCUT2D eigenvalue weighted by atomic mass is 35.5. The Hall–Kier alpha value is -2.32. The molecule has 0 N–H and O–H groups in total. The van der Waals surface area contributed by atoms with Crippen LogP contribution < -0.4 is 17.3 Å². The molecule has 0 aromatic heterocycles. The summed E-state index contributed by atoms with van der Waals surface area (Å²) in [7, 11) is 0. The van der Waals surface area contributed by atoms with Crippen LogP contribution >= 0.6 is 23.4 Å². The van der Waals surface area contributed by atoms with Crippen molar-refractivity contribution in [3.63, 3.8) is 0 Å². The van der Waals surface area contributed by atoms with Crippen molar-refractivity contribution >= 4 is 35.1 Å². The molecule has 0 unspecified atom stereocenters. The second-order valence-corrected chi connectivity index (χ2v) is 11.8. The van der Waals surface area contributed by atoms with Crippen molar-refractivity contribution < 1.29 is 35.2 Å². The number of amides is 1. The van der Waals surface area contributed by atoms with Crippen molar-refractivity contribution in [1.29, 1.82) is 0 Å². The van der Waals surface area contributed by atoms with Crippen LogP contribution in [-0.4, -0.2) is 48.6 Å². The first-order chi connectivity index (χ1) is 18.4. The fourth-order valence-corrected chi connectivity index (χ4v) is 6.87. The highest BCUT2D eigenvalue weighted by Gasteiger charge is 2.47. The van der Waals surface area contributed by atoms with Crippen LogP contribution in [0.25, 0.3) is 0 Å². The lowest BCUT2D eigenvalue weighted by Gasteiger charge is -2.52. The quantitative estimate of drug-likeness (QED) is 0.207. The Morgan fingerprint density at radius 1 is 1.00 bits per heavy atom. The van der Waals surface area contributed by atoms with Crippen LogP contribution in [0.5, 0.6) is 0 Å². The number of hydrogen-bond acceptors (Lipinski definition) is 3. The van der Waals surface area contributed by atoms with Crippen molar-refractivity contribution in [2.24, 2.45) is 5.92 Å². The molecule has 3 heterocycles. The molecule has 208 valence electrons. The fourth-order valence-electron chi connectivity index (χ4n) is 5.70. The number of halogens is 4. The van der Waals surface area contributed by atoms with Gasteiger partial charge in [0.05, 0.1) is 36.9 Å². The van der Waals surface area contributed by atoms with Crippen LogP contribution in [-0.2, 0) is 11.3 Å². The van der Waals surface area contributed by atoms with E-state index in [2.05, 4.69) is 6.07 Å². The number of ether oxygens (including phenoxy) is 1. The molecule has 39 heavy (non-hydrogen) atoms. The van der Waals surface area contributed by atoms with E-state index in [-0.39, 0.29) is 36.6 Å². The predicted molar refractivity (Wildman–Crippen MR) is 148 cm³/mol.